The lowest BCUT2D eigenvalue weighted by molar-refractivity contribution is 0.0913. The lowest BCUT2D eigenvalue weighted by Crippen LogP contribution is -2.16. The quantitative estimate of drug-likeness (QED) is 0.366. The molecule has 0 aliphatic heterocycles. The molecule has 7 nitrogen and oxygen atoms in total. The fraction of sp³-hybridized carbons (Fsp3) is 0.167. The van der Waals surface area contributed by atoms with Gasteiger partial charge < -0.3 is 15.0 Å². The Hall–Kier alpha value is -3.43. The molecule has 0 aliphatic carbocycles. The SMILES string of the molecule is CS(=O)(=O)CCn1cc(C(=O)COc2cc3ccc(Cl)cc3cc2C(N)=O)c2ccc(F)cc21. The van der Waals surface area contributed by atoms with Crippen LogP contribution in [-0.4, -0.2) is 43.3 Å². The van der Waals surface area contributed by atoms with Gasteiger partial charge in [-0.1, -0.05) is 17.7 Å². The molecule has 0 unspecified atom stereocenters. The van der Waals surface area contributed by atoms with Crippen molar-refractivity contribution in [2.75, 3.05) is 18.6 Å². The summed E-state index contributed by atoms with van der Waals surface area (Å²) in [6, 6.07) is 12.2. The third-order valence-electron chi connectivity index (χ3n) is 5.37. The highest BCUT2D eigenvalue weighted by Crippen LogP contribution is 2.29. The fourth-order valence-corrected chi connectivity index (χ4v) is 4.43. The second-order valence-electron chi connectivity index (χ2n) is 7.94. The van der Waals surface area contributed by atoms with Gasteiger partial charge in [-0.05, 0) is 53.2 Å². The molecule has 0 saturated heterocycles. The van der Waals surface area contributed by atoms with Gasteiger partial charge >= 0.3 is 0 Å². The van der Waals surface area contributed by atoms with Crippen molar-refractivity contribution < 1.29 is 27.1 Å². The molecule has 0 radical (unpaired) electrons. The lowest BCUT2D eigenvalue weighted by atomic mass is 10.1. The smallest absolute Gasteiger partial charge is 0.252 e. The van der Waals surface area contributed by atoms with Gasteiger partial charge in [-0.3, -0.25) is 9.59 Å². The van der Waals surface area contributed by atoms with E-state index in [1.165, 1.54) is 29.0 Å². The number of Topliss-reactive ketones (excluding diaryl/α,β-unsaturated/α-hetero) is 1. The van der Waals surface area contributed by atoms with Crippen LogP contribution in [0.1, 0.15) is 20.7 Å². The van der Waals surface area contributed by atoms with Crippen molar-refractivity contribution in [1.29, 1.82) is 0 Å². The van der Waals surface area contributed by atoms with Crippen LogP contribution in [0.2, 0.25) is 5.02 Å². The van der Waals surface area contributed by atoms with Gasteiger partial charge in [0, 0.05) is 35.0 Å². The van der Waals surface area contributed by atoms with Gasteiger partial charge in [0.15, 0.2) is 6.61 Å². The first kappa shape index (κ1) is 23.7. The zero-order valence-electron chi connectivity index (χ0n) is 18.0. The van der Waals surface area contributed by atoms with Crippen LogP contribution in [0, 0.1) is 5.82 Å². The van der Waals surface area contributed by atoms with E-state index in [2.05, 4.69) is 0 Å². The maximum atomic E-state index is 13.9. The first-order valence-electron chi connectivity index (χ1n) is 10.2. The van der Waals surface area contributed by atoms with E-state index in [0.29, 0.717) is 21.3 Å². The average molecular weight is 503 g/mol. The van der Waals surface area contributed by atoms with E-state index in [9.17, 15) is 22.4 Å². The number of ketones is 1. The highest BCUT2D eigenvalue weighted by Gasteiger charge is 2.19. The van der Waals surface area contributed by atoms with E-state index >= 15 is 0 Å². The summed E-state index contributed by atoms with van der Waals surface area (Å²) in [5.41, 5.74) is 6.24. The summed E-state index contributed by atoms with van der Waals surface area (Å²) in [4.78, 5) is 25.0. The van der Waals surface area contributed by atoms with Gasteiger partial charge in [-0.25, -0.2) is 12.8 Å². The topological polar surface area (TPSA) is 108 Å². The predicted molar refractivity (Wildman–Crippen MR) is 129 cm³/mol. The van der Waals surface area contributed by atoms with Gasteiger partial charge in [-0.15, -0.1) is 0 Å². The minimum atomic E-state index is -3.27. The predicted octanol–water partition coefficient (Wildman–Crippen LogP) is 3.99. The number of hydrogen-bond donors (Lipinski definition) is 1. The van der Waals surface area contributed by atoms with Crippen LogP contribution in [-0.2, 0) is 16.4 Å². The molecule has 1 amide bonds. The Morgan fingerprint density at radius 2 is 1.82 bits per heavy atom. The number of halogens is 2. The number of aryl methyl sites for hydroxylation is 1. The molecule has 10 heteroatoms. The first-order valence-corrected chi connectivity index (χ1v) is 12.6. The molecule has 0 fully saturated rings. The summed E-state index contributed by atoms with van der Waals surface area (Å²) >= 11 is 6.02. The zero-order valence-corrected chi connectivity index (χ0v) is 19.6. The van der Waals surface area contributed by atoms with E-state index in [-0.39, 0.29) is 29.2 Å². The number of nitrogens with two attached hydrogens (primary N) is 1. The molecule has 0 spiro atoms. The third-order valence-corrected chi connectivity index (χ3v) is 6.53. The van der Waals surface area contributed by atoms with Crippen LogP contribution in [0.25, 0.3) is 21.7 Å². The lowest BCUT2D eigenvalue weighted by Gasteiger charge is -2.11. The number of primary amides is 1. The minimum Gasteiger partial charge on any atom is -0.485 e. The van der Waals surface area contributed by atoms with Crippen molar-refractivity contribution in [3.8, 4) is 5.75 Å². The highest BCUT2D eigenvalue weighted by molar-refractivity contribution is 7.90. The zero-order chi connectivity index (χ0) is 24.6. The minimum absolute atomic E-state index is 0.0615. The number of sulfone groups is 1. The van der Waals surface area contributed by atoms with E-state index < -0.39 is 34.0 Å². The molecule has 0 aliphatic rings. The summed E-state index contributed by atoms with van der Waals surface area (Å²) in [5, 5.41) is 2.39. The Balaban J connectivity index is 1.65. The number of nitrogens with zero attached hydrogens (tertiary/aromatic N) is 1. The van der Waals surface area contributed by atoms with Crippen molar-refractivity contribution in [3.63, 3.8) is 0 Å². The number of amides is 1. The molecular weight excluding hydrogens is 483 g/mol. The van der Waals surface area contributed by atoms with Crippen molar-refractivity contribution in [2.24, 2.45) is 5.73 Å². The number of carbonyl (C=O) groups is 2. The molecule has 1 aromatic heterocycles. The standard InChI is InChI=1S/C24H20ClFN2O5S/c1-34(31,32)7-6-28-12-20(18-5-4-17(26)11-21(18)28)22(29)13-33-23-10-14-2-3-16(25)8-15(14)9-19(23)24(27)30/h2-5,8-12H,6-7,13H2,1H3,(H2,27,30). The van der Waals surface area contributed by atoms with Gasteiger partial charge in [-0.2, -0.15) is 0 Å². The number of fused-ring (bicyclic) bond motifs is 2. The highest BCUT2D eigenvalue weighted by atomic mass is 35.5. The molecule has 0 saturated carbocycles. The van der Waals surface area contributed by atoms with Crippen LogP contribution < -0.4 is 10.5 Å². The van der Waals surface area contributed by atoms with E-state index in [1.54, 1.807) is 30.3 Å². The third kappa shape index (κ3) is 5.05. The number of hydrogen-bond acceptors (Lipinski definition) is 5. The first-order chi connectivity index (χ1) is 16.0. The second kappa shape index (κ2) is 9.08. The van der Waals surface area contributed by atoms with Crippen LogP contribution in [0.5, 0.6) is 5.75 Å². The van der Waals surface area contributed by atoms with Crippen LogP contribution in [0.4, 0.5) is 4.39 Å². The largest absolute Gasteiger partial charge is 0.485 e. The van der Waals surface area contributed by atoms with Crippen LogP contribution in [0.15, 0.2) is 54.7 Å². The number of aromatic nitrogens is 1. The Morgan fingerprint density at radius 1 is 1.06 bits per heavy atom. The van der Waals surface area contributed by atoms with E-state index in [1.807, 2.05) is 0 Å². The Labute approximate surface area is 199 Å². The van der Waals surface area contributed by atoms with Crippen molar-refractivity contribution in [2.45, 2.75) is 6.54 Å². The summed E-state index contributed by atoms with van der Waals surface area (Å²) in [6.07, 6.45) is 2.59. The Kier molecular flexibility index (Phi) is 6.33. The molecule has 176 valence electrons. The van der Waals surface area contributed by atoms with Gasteiger partial charge in [0.2, 0.25) is 5.78 Å². The maximum Gasteiger partial charge on any atom is 0.252 e. The molecule has 1 heterocycles. The van der Waals surface area contributed by atoms with Crippen LogP contribution in [0.3, 0.4) is 0 Å². The second-order valence-corrected chi connectivity index (χ2v) is 10.6. The van der Waals surface area contributed by atoms with Gasteiger partial charge in [0.1, 0.15) is 21.4 Å². The molecule has 0 atom stereocenters. The molecule has 4 aromatic rings. The van der Waals surface area contributed by atoms with Crippen molar-refractivity contribution in [1.82, 2.24) is 4.57 Å². The molecule has 4 rings (SSSR count). The normalized spacial score (nSPS) is 11.7. The number of carbonyl (C=O) groups excluding carboxylic acids is 2. The maximum absolute atomic E-state index is 13.9. The van der Waals surface area contributed by atoms with E-state index in [4.69, 9.17) is 22.1 Å². The number of ether oxygens (including phenoxy) is 1. The molecule has 2 N–H and O–H groups in total. The van der Waals surface area contributed by atoms with Crippen molar-refractivity contribution in [3.05, 3.63) is 76.7 Å². The van der Waals surface area contributed by atoms with Crippen molar-refractivity contribution >= 4 is 54.8 Å². The van der Waals surface area contributed by atoms with Gasteiger partial charge in [0.25, 0.3) is 5.91 Å². The number of rotatable bonds is 8. The van der Waals surface area contributed by atoms with Gasteiger partial charge in [0.05, 0.1) is 16.8 Å². The summed E-state index contributed by atoms with van der Waals surface area (Å²) in [7, 11) is -3.27. The molecule has 0 bridgehead atoms. The fourth-order valence-electron chi connectivity index (χ4n) is 3.72. The average Bonchev–Trinajstić information content (AvgIpc) is 3.12. The molecular formula is C24H20ClFN2O5S. The number of benzene rings is 3. The monoisotopic (exact) mass is 502 g/mol. The Bertz CT molecular complexity index is 1560. The van der Waals surface area contributed by atoms with E-state index in [0.717, 1.165) is 11.6 Å². The summed E-state index contributed by atoms with van der Waals surface area (Å²) < 4.78 is 44.2. The Morgan fingerprint density at radius 3 is 2.53 bits per heavy atom. The molecule has 3 aromatic carbocycles. The molecule has 34 heavy (non-hydrogen) atoms. The van der Waals surface area contributed by atoms with Crippen LogP contribution >= 0.6 is 11.6 Å². The summed E-state index contributed by atoms with van der Waals surface area (Å²) in [5.74, 6) is -1.69. The summed E-state index contributed by atoms with van der Waals surface area (Å²) in [6.45, 7) is -0.353.